The predicted molar refractivity (Wildman–Crippen MR) is 112 cm³/mol. The number of nitrogen functional groups attached to an aromatic ring is 1. The van der Waals surface area contributed by atoms with E-state index in [1.807, 2.05) is 45.0 Å². The number of aryl methyl sites for hydroxylation is 1. The van der Waals surface area contributed by atoms with Crippen LogP contribution in [0.3, 0.4) is 0 Å². The highest BCUT2D eigenvalue weighted by atomic mass is 32.2. The van der Waals surface area contributed by atoms with E-state index in [2.05, 4.69) is 9.97 Å². The van der Waals surface area contributed by atoms with Gasteiger partial charge in [-0.25, -0.2) is 14.8 Å². The van der Waals surface area contributed by atoms with Crippen LogP contribution in [-0.2, 0) is 9.53 Å². The van der Waals surface area contributed by atoms with Crippen molar-refractivity contribution in [2.24, 2.45) is 0 Å². The molecular weight excluding hydrogens is 376 g/mol. The number of benzene rings is 1. The molecule has 7 nitrogen and oxygen atoms in total. The number of carbonyl (C=O) groups is 2. The number of anilines is 2. The summed E-state index contributed by atoms with van der Waals surface area (Å²) in [5.41, 5.74) is 7.96. The molecule has 2 rings (SSSR count). The van der Waals surface area contributed by atoms with Gasteiger partial charge in [0.2, 0.25) is 5.91 Å². The lowest BCUT2D eigenvalue weighted by atomic mass is 10.2. The third kappa shape index (κ3) is 5.22. The molecule has 0 aliphatic heterocycles. The van der Waals surface area contributed by atoms with Gasteiger partial charge in [-0.3, -0.25) is 4.79 Å². The first-order valence-corrected chi connectivity index (χ1v) is 10.1. The molecule has 1 aromatic heterocycles. The molecule has 0 aliphatic carbocycles. The Balaban J connectivity index is 2.19. The van der Waals surface area contributed by atoms with Crippen LogP contribution in [0.1, 0.15) is 43.1 Å². The molecule has 150 valence electrons. The molecule has 2 N–H and O–H groups in total. The van der Waals surface area contributed by atoms with Crippen molar-refractivity contribution >= 4 is 35.1 Å². The fraction of sp³-hybridized carbons (Fsp3) is 0.400. The van der Waals surface area contributed by atoms with E-state index in [-0.39, 0.29) is 29.1 Å². The lowest BCUT2D eigenvalue weighted by Gasteiger charge is -2.25. The zero-order valence-corrected chi connectivity index (χ0v) is 17.5. The van der Waals surface area contributed by atoms with Gasteiger partial charge in [-0.1, -0.05) is 30.8 Å². The molecule has 2 aromatic rings. The molecule has 0 spiro atoms. The normalized spacial score (nSPS) is 11.7. The Bertz CT molecular complexity index is 844. The summed E-state index contributed by atoms with van der Waals surface area (Å²) in [6.07, 6.45) is 1.95. The van der Waals surface area contributed by atoms with Crippen LogP contribution < -0.4 is 10.6 Å². The number of hydrogen-bond acceptors (Lipinski definition) is 7. The molecule has 0 aliphatic rings. The number of amides is 1. The minimum atomic E-state index is -0.559. The maximum Gasteiger partial charge on any atom is 0.343 e. The minimum absolute atomic E-state index is 0.0164. The Morgan fingerprint density at radius 2 is 2.04 bits per heavy atom. The molecule has 8 heteroatoms. The molecule has 1 aromatic carbocycles. The quantitative estimate of drug-likeness (QED) is 0.410. The van der Waals surface area contributed by atoms with Crippen molar-refractivity contribution in [3.63, 3.8) is 0 Å². The van der Waals surface area contributed by atoms with E-state index in [0.29, 0.717) is 18.1 Å². The smallest absolute Gasteiger partial charge is 0.343 e. The van der Waals surface area contributed by atoms with Gasteiger partial charge in [-0.05, 0) is 44.9 Å². The van der Waals surface area contributed by atoms with Crippen molar-refractivity contribution in [3.8, 4) is 0 Å². The number of hydrogen-bond donors (Lipinski definition) is 1. The average molecular weight is 403 g/mol. The standard InChI is InChI=1S/C20H26N4O3S/c1-5-16(18(25)24(6-2)14-10-8-9-13(4)11-14)28-20-22-12-15(17(21)23-20)19(26)27-7-3/h8-12,16H,5-7H2,1-4H3,(H2,21,22,23)/t16-/m1/s1. The molecule has 0 unspecified atom stereocenters. The van der Waals surface area contributed by atoms with Crippen LogP contribution in [0.4, 0.5) is 11.5 Å². The van der Waals surface area contributed by atoms with Gasteiger partial charge < -0.3 is 15.4 Å². The van der Waals surface area contributed by atoms with Gasteiger partial charge >= 0.3 is 5.97 Å². The molecule has 1 amide bonds. The molecule has 28 heavy (non-hydrogen) atoms. The van der Waals surface area contributed by atoms with Gasteiger partial charge in [-0.2, -0.15) is 0 Å². The molecule has 0 fully saturated rings. The number of esters is 1. The Morgan fingerprint density at radius 3 is 2.61 bits per heavy atom. The summed E-state index contributed by atoms with van der Waals surface area (Å²) in [5, 5.41) is -0.0145. The van der Waals surface area contributed by atoms with Crippen LogP contribution in [-0.4, -0.2) is 40.2 Å². The van der Waals surface area contributed by atoms with Crippen molar-refractivity contribution in [1.29, 1.82) is 0 Å². The zero-order valence-electron chi connectivity index (χ0n) is 16.6. The molecule has 0 radical (unpaired) electrons. The van der Waals surface area contributed by atoms with E-state index in [9.17, 15) is 9.59 Å². The average Bonchev–Trinajstić information content (AvgIpc) is 2.67. The lowest BCUT2D eigenvalue weighted by molar-refractivity contribution is -0.118. The summed E-state index contributed by atoms with van der Waals surface area (Å²) in [5.74, 6) is -0.530. The second kappa shape index (κ2) is 10.1. The number of aromatic nitrogens is 2. The zero-order chi connectivity index (χ0) is 20.7. The van der Waals surface area contributed by atoms with E-state index < -0.39 is 5.97 Å². The Morgan fingerprint density at radius 1 is 1.29 bits per heavy atom. The molecule has 1 heterocycles. The molecule has 0 saturated heterocycles. The van der Waals surface area contributed by atoms with E-state index in [0.717, 1.165) is 11.3 Å². The summed E-state index contributed by atoms with van der Waals surface area (Å²) < 4.78 is 4.93. The Hall–Kier alpha value is -2.61. The summed E-state index contributed by atoms with van der Waals surface area (Å²) in [6.45, 7) is 8.40. The van der Waals surface area contributed by atoms with Gasteiger partial charge in [0.15, 0.2) is 5.16 Å². The first-order chi connectivity index (χ1) is 13.4. The predicted octanol–water partition coefficient (Wildman–Crippen LogP) is 3.47. The largest absolute Gasteiger partial charge is 0.462 e. The monoisotopic (exact) mass is 402 g/mol. The highest BCUT2D eigenvalue weighted by molar-refractivity contribution is 8.00. The number of carbonyl (C=O) groups excluding carboxylic acids is 2. The topological polar surface area (TPSA) is 98.4 Å². The second-order valence-electron chi connectivity index (χ2n) is 6.11. The van der Waals surface area contributed by atoms with Gasteiger partial charge in [0, 0.05) is 18.4 Å². The Labute approximate surface area is 169 Å². The van der Waals surface area contributed by atoms with E-state index in [1.54, 1.807) is 11.8 Å². The first-order valence-electron chi connectivity index (χ1n) is 9.25. The first kappa shape index (κ1) is 21.7. The number of thioether (sulfide) groups is 1. The van der Waals surface area contributed by atoms with Crippen LogP contribution in [0.5, 0.6) is 0 Å². The van der Waals surface area contributed by atoms with Gasteiger partial charge in [0.1, 0.15) is 11.4 Å². The maximum atomic E-state index is 13.1. The van der Waals surface area contributed by atoms with Crippen LogP contribution in [0, 0.1) is 6.92 Å². The fourth-order valence-electron chi connectivity index (χ4n) is 2.67. The molecular formula is C20H26N4O3S. The second-order valence-corrected chi connectivity index (χ2v) is 7.28. The maximum absolute atomic E-state index is 13.1. The van der Waals surface area contributed by atoms with Crippen LogP contribution in [0.15, 0.2) is 35.6 Å². The number of rotatable bonds is 8. The Kier molecular flexibility index (Phi) is 7.80. The van der Waals surface area contributed by atoms with E-state index in [1.165, 1.54) is 18.0 Å². The van der Waals surface area contributed by atoms with Crippen molar-refractivity contribution in [2.75, 3.05) is 23.8 Å². The molecule has 0 bridgehead atoms. The van der Waals surface area contributed by atoms with E-state index >= 15 is 0 Å². The van der Waals surface area contributed by atoms with Crippen LogP contribution in [0.25, 0.3) is 0 Å². The van der Waals surface area contributed by atoms with Crippen molar-refractivity contribution in [1.82, 2.24) is 9.97 Å². The molecule has 1 atom stereocenters. The fourth-order valence-corrected chi connectivity index (χ4v) is 3.59. The van der Waals surface area contributed by atoms with Crippen molar-refractivity contribution < 1.29 is 14.3 Å². The van der Waals surface area contributed by atoms with Gasteiger partial charge in [0.25, 0.3) is 0 Å². The van der Waals surface area contributed by atoms with Gasteiger partial charge in [-0.15, -0.1) is 0 Å². The highest BCUT2D eigenvalue weighted by Crippen LogP contribution is 2.27. The lowest BCUT2D eigenvalue weighted by Crippen LogP contribution is -2.37. The third-order valence-electron chi connectivity index (χ3n) is 4.08. The number of nitrogens with zero attached hydrogens (tertiary/aromatic N) is 3. The minimum Gasteiger partial charge on any atom is -0.462 e. The van der Waals surface area contributed by atoms with Crippen LogP contribution in [0.2, 0.25) is 0 Å². The summed E-state index contributed by atoms with van der Waals surface area (Å²) in [6, 6.07) is 7.85. The van der Waals surface area contributed by atoms with Gasteiger partial charge in [0.05, 0.1) is 11.9 Å². The number of ether oxygens (including phenoxy) is 1. The van der Waals surface area contributed by atoms with E-state index in [4.69, 9.17) is 10.5 Å². The van der Waals surface area contributed by atoms with Crippen molar-refractivity contribution in [3.05, 3.63) is 41.6 Å². The highest BCUT2D eigenvalue weighted by Gasteiger charge is 2.26. The summed E-state index contributed by atoms with van der Waals surface area (Å²) in [7, 11) is 0. The molecule has 0 saturated carbocycles. The van der Waals surface area contributed by atoms with Crippen LogP contribution >= 0.6 is 11.8 Å². The van der Waals surface area contributed by atoms with Crippen molar-refractivity contribution in [2.45, 2.75) is 44.5 Å². The SMILES string of the molecule is CCOC(=O)c1cnc(S[C@H](CC)C(=O)N(CC)c2cccc(C)c2)nc1N. The third-order valence-corrected chi connectivity index (χ3v) is 5.31. The summed E-state index contributed by atoms with van der Waals surface area (Å²) in [4.78, 5) is 35.1. The number of nitrogens with two attached hydrogens (primary N) is 1. The summed E-state index contributed by atoms with van der Waals surface area (Å²) >= 11 is 1.24.